The van der Waals surface area contributed by atoms with E-state index in [2.05, 4.69) is 5.32 Å². The fourth-order valence-corrected chi connectivity index (χ4v) is 5.08. The normalized spacial score (nSPS) is 14.2. The summed E-state index contributed by atoms with van der Waals surface area (Å²) < 4.78 is 12.1. The van der Waals surface area contributed by atoms with Gasteiger partial charge in [-0.1, -0.05) is 78.6 Å². The van der Waals surface area contributed by atoms with Crippen LogP contribution in [0.1, 0.15) is 23.6 Å². The van der Waals surface area contributed by atoms with Gasteiger partial charge in [0.05, 0.1) is 11.5 Å². The first kappa shape index (κ1) is 26.4. The van der Waals surface area contributed by atoms with Crippen molar-refractivity contribution >= 4 is 51.9 Å². The number of nitrogens with one attached hydrogen (secondary N) is 1. The minimum atomic E-state index is -0.264. The van der Waals surface area contributed by atoms with Gasteiger partial charge in [0, 0.05) is 12.2 Å². The Balaban J connectivity index is 1.41. The maximum Gasteiger partial charge on any atom is 0.266 e. The predicted molar refractivity (Wildman–Crippen MR) is 153 cm³/mol. The average molecular weight is 533 g/mol. The first-order valence-corrected chi connectivity index (χ1v) is 13.2. The number of thioether (sulfide) groups is 1. The number of carbonyl (C=O) groups is 2. The molecule has 0 bridgehead atoms. The minimum absolute atomic E-state index is 0.0999. The summed E-state index contributed by atoms with van der Waals surface area (Å²) in [5.41, 5.74) is 3.66. The maximum atomic E-state index is 13.0. The zero-order chi connectivity index (χ0) is 26.2. The van der Waals surface area contributed by atoms with Crippen LogP contribution in [-0.2, 0) is 16.0 Å². The van der Waals surface area contributed by atoms with Crippen molar-refractivity contribution in [3.8, 4) is 11.5 Å². The van der Waals surface area contributed by atoms with E-state index in [9.17, 15) is 9.59 Å². The Morgan fingerprint density at radius 2 is 1.78 bits per heavy atom. The molecule has 0 atom stereocenters. The minimum Gasteiger partial charge on any atom is -0.490 e. The zero-order valence-electron chi connectivity index (χ0n) is 20.7. The number of amides is 2. The smallest absolute Gasteiger partial charge is 0.266 e. The molecule has 1 aliphatic rings. The molecule has 1 fully saturated rings. The molecule has 0 saturated carbocycles. The van der Waals surface area contributed by atoms with Gasteiger partial charge < -0.3 is 14.8 Å². The summed E-state index contributed by atoms with van der Waals surface area (Å²) in [6.07, 6.45) is 2.54. The topological polar surface area (TPSA) is 67.9 Å². The second-order valence-electron chi connectivity index (χ2n) is 8.36. The number of aryl methyl sites for hydroxylation is 1. The maximum absolute atomic E-state index is 13.0. The average Bonchev–Trinajstić information content (AvgIpc) is 3.16. The van der Waals surface area contributed by atoms with Crippen molar-refractivity contribution < 1.29 is 19.1 Å². The van der Waals surface area contributed by atoms with Gasteiger partial charge in [-0.15, -0.1) is 0 Å². The molecule has 1 heterocycles. The molecule has 0 aromatic heterocycles. The van der Waals surface area contributed by atoms with Gasteiger partial charge in [-0.2, -0.15) is 0 Å². The van der Waals surface area contributed by atoms with Crippen molar-refractivity contribution in [3.05, 3.63) is 94.4 Å². The van der Waals surface area contributed by atoms with E-state index in [1.54, 1.807) is 23.1 Å². The summed E-state index contributed by atoms with van der Waals surface area (Å²) in [6.45, 7) is 4.61. The van der Waals surface area contributed by atoms with Crippen molar-refractivity contribution in [1.29, 1.82) is 0 Å². The van der Waals surface area contributed by atoms with E-state index in [4.69, 9.17) is 21.7 Å². The Morgan fingerprint density at radius 1 is 1.03 bits per heavy atom. The highest BCUT2D eigenvalue weighted by Crippen LogP contribution is 2.35. The molecule has 1 saturated heterocycles. The lowest BCUT2D eigenvalue weighted by Crippen LogP contribution is -2.30. The highest BCUT2D eigenvalue weighted by atomic mass is 32.2. The summed E-state index contributed by atoms with van der Waals surface area (Å²) in [4.78, 5) is 27.6. The standard InChI is InChI=1S/C29H28N2O4S2/c1-3-34-25-17-22(13-14-24(25)35-19-27(32)30-23-12-8-7-9-20(23)2)18-26-28(33)31(29(36)37-26)16-15-21-10-5-4-6-11-21/h4-14,17-18H,3,15-16,19H2,1-2H3,(H,30,32)/b26-18-. The predicted octanol–water partition coefficient (Wildman–Crippen LogP) is 5.86. The molecule has 1 aliphatic heterocycles. The van der Waals surface area contributed by atoms with Crippen LogP contribution in [-0.4, -0.2) is 40.8 Å². The summed E-state index contributed by atoms with van der Waals surface area (Å²) in [5.74, 6) is 0.589. The lowest BCUT2D eigenvalue weighted by molar-refractivity contribution is -0.122. The molecule has 8 heteroatoms. The molecule has 190 valence electrons. The molecule has 4 rings (SSSR count). The van der Waals surface area contributed by atoms with E-state index >= 15 is 0 Å². The molecule has 3 aromatic rings. The van der Waals surface area contributed by atoms with Gasteiger partial charge >= 0.3 is 0 Å². The molecule has 6 nitrogen and oxygen atoms in total. The second-order valence-corrected chi connectivity index (χ2v) is 10.0. The van der Waals surface area contributed by atoms with Crippen molar-refractivity contribution in [2.24, 2.45) is 0 Å². The number of nitrogens with zero attached hydrogens (tertiary/aromatic N) is 1. The van der Waals surface area contributed by atoms with Crippen LogP contribution in [0.15, 0.2) is 77.7 Å². The number of carbonyl (C=O) groups excluding carboxylic acids is 2. The summed E-state index contributed by atoms with van der Waals surface area (Å²) in [7, 11) is 0. The molecule has 3 aromatic carbocycles. The zero-order valence-corrected chi connectivity index (χ0v) is 22.4. The summed E-state index contributed by atoms with van der Waals surface area (Å²) >= 11 is 6.77. The largest absolute Gasteiger partial charge is 0.490 e. The molecular weight excluding hydrogens is 504 g/mol. The van der Waals surface area contributed by atoms with Crippen LogP contribution >= 0.6 is 24.0 Å². The molecule has 0 aliphatic carbocycles. The van der Waals surface area contributed by atoms with E-state index in [1.807, 2.05) is 74.5 Å². The number of thiocarbonyl (C=S) groups is 1. The Morgan fingerprint density at radius 3 is 2.54 bits per heavy atom. The Labute approximate surface area is 226 Å². The van der Waals surface area contributed by atoms with Gasteiger partial charge in [-0.3, -0.25) is 14.5 Å². The number of ether oxygens (including phenoxy) is 2. The van der Waals surface area contributed by atoms with Gasteiger partial charge in [-0.25, -0.2) is 0 Å². The quantitative estimate of drug-likeness (QED) is 0.261. The molecule has 0 unspecified atom stereocenters. The third-order valence-electron chi connectivity index (χ3n) is 5.68. The summed E-state index contributed by atoms with van der Waals surface area (Å²) in [6, 6.07) is 23.0. The van der Waals surface area contributed by atoms with Crippen LogP contribution in [0.4, 0.5) is 5.69 Å². The third kappa shape index (κ3) is 6.99. The van der Waals surface area contributed by atoms with Crippen molar-refractivity contribution in [2.75, 3.05) is 25.1 Å². The Kier molecular flexibility index (Phi) is 8.98. The van der Waals surface area contributed by atoms with E-state index < -0.39 is 0 Å². The molecule has 2 amide bonds. The highest BCUT2D eigenvalue weighted by Gasteiger charge is 2.31. The fourth-order valence-electron chi connectivity index (χ4n) is 3.77. The number of para-hydroxylation sites is 1. The van der Waals surface area contributed by atoms with Crippen LogP contribution in [0.3, 0.4) is 0 Å². The molecule has 0 radical (unpaired) electrons. The van der Waals surface area contributed by atoms with E-state index in [0.717, 1.165) is 28.8 Å². The molecule has 1 N–H and O–H groups in total. The lowest BCUT2D eigenvalue weighted by Gasteiger charge is -2.14. The van der Waals surface area contributed by atoms with Crippen LogP contribution in [0.25, 0.3) is 6.08 Å². The number of anilines is 1. The van der Waals surface area contributed by atoms with Gasteiger partial charge in [0.2, 0.25) is 0 Å². The van der Waals surface area contributed by atoms with E-state index in [-0.39, 0.29) is 18.4 Å². The molecule has 37 heavy (non-hydrogen) atoms. The van der Waals surface area contributed by atoms with Crippen molar-refractivity contribution in [3.63, 3.8) is 0 Å². The number of hydrogen-bond donors (Lipinski definition) is 1. The fraction of sp³-hybridized carbons (Fsp3) is 0.207. The molecule has 0 spiro atoms. The Bertz CT molecular complexity index is 1320. The molecular formula is C29H28N2O4S2. The van der Waals surface area contributed by atoms with Gasteiger partial charge in [0.1, 0.15) is 4.32 Å². The van der Waals surface area contributed by atoms with Gasteiger partial charge in [0.15, 0.2) is 18.1 Å². The number of benzene rings is 3. The van der Waals surface area contributed by atoms with Gasteiger partial charge in [-0.05, 0) is 61.2 Å². The first-order valence-electron chi connectivity index (χ1n) is 12.0. The van der Waals surface area contributed by atoms with Crippen LogP contribution < -0.4 is 14.8 Å². The highest BCUT2D eigenvalue weighted by molar-refractivity contribution is 8.26. The van der Waals surface area contributed by atoms with Crippen LogP contribution in [0.2, 0.25) is 0 Å². The van der Waals surface area contributed by atoms with Crippen LogP contribution in [0, 0.1) is 6.92 Å². The monoisotopic (exact) mass is 532 g/mol. The van der Waals surface area contributed by atoms with Crippen LogP contribution in [0.5, 0.6) is 11.5 Å². The van der Waals surface area contributed by atoms with Gasteiger partial charge in [0.25, 0.3) is 11.8 Å². The SMILES string of the molecule is CCOc1cc(/C=C2\SC(=S)N(CCc3ccccc3)C2=O)ccc1OCC(=O)Nc1ccccc1C. The van der Waals surface area contributed by atoms with E-state index in [1.165, 1.54) is 11.8 Å². The number of rotatable bonds is 10. The van der Waals surface area contributed by atoms with Crippen molar-refractivity contribution in [1.82, 2.24) is 4.90 Å². The third-order valence-corrected chi connectivity index (χ3v) is 7.06. The second kappa shape index (κ2) is 12.6. The first-order chi connectivity index (χ1) is 17.9. The van der Waals surface area contributed by atoms with E-state index in [0.29, 0.717) is 33.9 Å². The number of hydrogen-bond acceptors (Lipinski definition) is 6. The summed E-state index contributed by atoms with van der Waals surface area (Å²) in [5, 5.41) is 2.85. The Hall–Kier alpha value is -3.62. The lowest BCUT2D eigenvalue weighted by atomic mass is 10.1. The van der Waals surface area contributed by atoms with Crippen molar-refractivity contribution in [2.45, 2.75) is 20.3 Å².